The van der Waals surface area contributed by atoms with Crippen molar-refractivity contribution in [2.45, 2.75) is 31.6 Å². The molecule has 4 heterocycles. The number of alkyl halides is 3. The molecule has 1 aliphatic heterocycles. The van der Waals surface area contributed by atoms with Gasteiger partial charge in [-0.1, -0.05) is 0 Å². The molecule has 3 aromatic heterocycles. The van der Waals surface area contributed by atoms with Crippen molar-refractivity contribution in [3.63, 3.8) is 0 Å². The first-order chi connectivity index (χ1) is 14.8. The van der Waals surface area contributed by atoms with Crippen molar-refractivity contribution in [2.75, 3.05) is 6.54 Å². The minimum atomic E-state index is -4.57. The molecule has 3 aromatic rings. The first-order valence-electron chi connectivity index (χ1n) is 9.66. The molecule has 1 fully saturated rings. The summed E-state index contributed by atoms with van der Waals surface area (Å²) in [4.78, 5) is 34.1. The zero-order valence-corrected chi connectivity index (χ0v) is 16.3. The molecule has 1 aliphatic rings. The number of nitrogens with zero attached hydrogens (tertiary/aromatic N) is 5. The van der Waals surface area contributed by atoms with Gasteiger partial charge in [-0.3, -0.25) is 19.6 Å². The van der Waals surface area contributed by atoms with E-state index in [0.717, 1.165) is 30.3 Å². The number of carbonyl (C=O) groups is 1. The molecule has 1 unspecified atom stereocenters. The molecule has 0 radical (unpaired) electrons. The van der Waals surface area contributed by atoms with Crippen LogP contribution in [0.5, 0.6) is 0 Å². The zero-order chi connectivity index (χ0) is 22.0. The van der Waals surface area contributed by atoms with Gasteiger partial charge in [0.05, 0.1) is 23.8 Å². The highest BCUT2D eigenvalue weighted by atomic mass is 19.4. The summed E-state index contributed by atoms with van der Waals surface area (Å²) in [5.74, 6) is -0.415. The maximum Gasteiger partial charge on any atom is 0.433 e. The third-order valence-corrected chi connectivity index (χ3v) is 5.17. The smallest absolute Gasteiger partial charge is 0.334 e. The molecule has 160 valence electrons. The van der Waals surface area contributed by atoms with Crippen LogP contribution in [-0.4, -0.2) is 43.1 Å². The third-order valence-electron chi connectivity index (χ3n) is 5.17. The number of halogens is 3. The van der Waals surface area contributed by atoms with Gasteiger partial charge < -0.3 is 4.90 Å². The summed E-state index contributed by atoms with van der Waals surface area (Å²) >= 11 is 0. The van der Waals surface area contributed by atoms with Crippen LogP contribution < -0.4 is 5.56 Å². The molecule has 0 saturated carbocycles. The summed E-state index contributed by atoms with van der Waals surface area (Å²) in [6, 6.07) is 8.22. The lowest BCUT2D eigenvalue weighted by Gasteiger charge is -2.25. The summed E-state index contributed by atoms with van der Waals surface area (Å²) in [7, 11) is 0. The Balaban J connectivity index is 1.54. The van der Waals surface area contributed by atoms with Gasteiger partial charge in [-0.05, 0) is 43.2 Å². The number of carbonyl (C=O) groups excluding carboxylic acids is 1. The number of rotatable bonds is 4. The van der Waals surface area contributed by atoms with Gasteiger partial charge in [0.25, 0.3) is 11.5 Å². The monoisotopic (exact) mass is 429 g/mol. The molecule has 4 rings (SSSR count). The van der Waals surface area contributed by atoms with Crippen LogP contribution in [-0.2, 0) is 12.7 Å². The molecule has 7 nitrogen and oxygen atoms in total. The van der Waals surface area contributed by atoms with Crippen LogP contribution in [0.4, 0.5) is 13.2 Å². The Labute approximate surface area is 175 Å². The van der Waals surface area contributed by atoms with Crippen molar-refractivity contribution in [2.24, 2.45) is 0 Å². The second kappa shape index (κ2) is 8.29. The van der Waals surface area contributed by atoms with Crippen LogP contribution in [0.1, 0.15) is 28.9 Å². The molecule has 0 bridgehead atoms. The maximum absolute atomic E-state index is 12.9. The highest BCUT2D eigenvalue weighted by Crippen LogP contribution is 2.28. The average Bonchev–Trinajstić information content (AvgIpc) is 3.23. The van der Waals surface area contributed by atoms with Gasteiger partial charge in [-0.2, -0.15) is 18.3 Å². The predicted octanol–water partition coefficient (Wildman–Crippen LogP) is 3.02. The highest BCUT2D eigenvalue weighted by molar-refractivity contribution is 5.94. The van der Waals surface area contributed by atoms with Crippen LogP contribution >= 0.6 is 0 Å². The minimum absolute atomic E-state index is 0.0748. The van der Waals surface area contributed by atoms with Crippen LogP contribution in [0.3, 0.4) is 0 Å². The van der Waals surface area contributed by atoms with Gasteiger partial charge in [0.1, 0.15) is 5.69 Å². The van der Waals surface area contributed by atoms with Crippen molar-refractivity contribution in [3.05, 3.63) is 76.6 Å². The number of amides is 1. The summed E-state index contributed by atoms with van der Waals surface area (Å²) in [6.07, 6.45) is 1.01. The van der Waals surface area contributed by atoms with E-state index in [1.807, 2.05) is 0 Å². The van der Waals surface area contributed by atoms with E-state index in [1.165, 1.54) is 10.7 Å². The lowest BCUT2D eigenvalue weighted by atomic mass is 10.1. The first kappa shape index (κ1) is 20.7. The largest absolute Gasteiger partial charge is 0.433 e. The number of pyridine rings is 2. The Hall–Kier alpha value is -3.56. The third kappa shape index (κ3) is 4.47. The van der Waals surface area contributed by atoms with E-state index in [2.05, 4.69) is 15.1 Å². The van der Waals surface area contributed by atoms with E-state index in [1.54, 1.807) is 35.5 Å². The average molecular weight is 429 g/mol. The van der Waals surface area contributed by atoms with Crippen LogP contribution in [0, 0.1) is 0 Å². The van der Waals surface area contributed by atoms with E-state index in [4.69, 9.17) is 0 Å². The Morgan fingerprint density at radius 3 is 2.55 bits per heavy atom. The second-order valence-electron chi connectivity index (χ2n) is 7.20. The van der Waals surface area contributed by atoms with E-state index in [9.17, 15) is 22.8 Å². The lowest BCUT2D eigenvalue weighted by molar-refractivity contribution is -0.141. The van der Waals surface area contributed by atoms with Crippen LogP contribution in [0.15, 0.2) is 59.8 Å². The Bertz CT molecular complexity index is 1130. The molecule has 1 amide bonds. The Morgan fingerprint density at radius 2 is 1.87 bits per heavy atom. The number of hydrogen-bond donors (Lipinski definition) is 0. The van der Waals surface area contributed by atoms with Gasteiger partial charge in [-0.25, -0.2) is 4.68 Å². The molecule has 1 atom stereocenters. The SMILES string of the molecule is O=C(c1ccc(C(F)(F)F)nc1)N1CCCC1Cn1nc(-c2ccncc2)ccc1=O. The zero-order valence-electron chi connectivity index (χ0n) is 16.3. The number of hydrogen-bond acceptors (Lipinski definition) is 5. The molecule has 31 heavy (non-hydrogen) atoms. The van der Waals surface area contributed by atoms with Crippen molar-refractivity contribution in [1.29, 1.82) is 0 Å². The quantitative estimate of drug-likeness (QED) is 0.637. The van der Waals surface area contributed by atoms with E-state index in [-0.39, 0.29) is 23.7 Å². The van der Waals surface area contributed by atoms with Gasteiger partial charge in [0.2, 0.25) is 0 Å². The van der Waals surface area contributed by atoms with Gasteiger partial charge in [0.15, 0.2) is 0 Å². The lowest BCUT2D eigenvalue weighted by Crippen LogP contribution is -2.40. The van der Waals surface area contributed by atoms with Gasteiger partial charge in [0, 0.05) is 36.8 Å². The predicted molar refractivity (Wildman–Crippen MR) is 105 cm³/mol. The number of aromatic nitrogens is 4. The Morgan fingerprint density at radius 1 is 1.10 bits per heavy atom. The first-order valence-corrected chi connectivity index (χ1v) is 9.66. The summed E-state index contributed by atoms with van der Waals surface area (Å²) in [5.41, 5.74) is 0.133. The Kier molecular flexibility index (Phi) is 5.53. The fourth-order valence-corrected chi connectivity index (χ4v) is 3.60. The van der Waals surface area contributed by atoms with E-state index in [0.29, 0.717) is 18.7 Å². The van der Waals surface area contributed by atoms with E-state index >= 15 is 0 Å². The van der Waals surface area contributed by atoms with Gasteiger partial charge in [-0.15, -0.1) is 0 Å². The fourth-order valence-electron chi connectivity index (χ4n) is 3.60. The molecular formula is C21H18F3N5O2. The normalized spacial score (nSPS) is 16.5. The van der Waals surface area contributed by atoms with Crippen LogP contribution in [0.2, 0.25) is 0 Å². The molecule has 0 N–H and O–H groups in total. The molecule has 0 spiro atoms. The van der Waals surface area contributed by atoms with Crippen molar-refractivity contribution < 1.29 is 18.0 Å². The fraction of sp³-hybridized carbons (Fsp3) is 0.286. The minimum Gasteiger partial charge on any atom is -0.334 e. The van der Waals surface area contributed by atoms with Gasteiger partial charge >= 0.3 is 6.18 Å². The molecule has 0 aliphatic carbocycles. The standard InChI is InChI=1S/C21H18F3N5O2/c22-21(23,24)18-5-3-15(12-26-18)20(31)28-11-1-2-16(28)13-29-19(30)6-4-17(27-29)14-7-9-25-10-8-14/h3-10,12,16H,1-2,11,13H2. The van der Waals surface area contributed by atoms with Crippen LogP contribution in [0.25, 0.3) is 11.3 Å². The summed E-state index contributed by atoms with van der Waals surface area (Å²) < 4.78 is 39.5. The highest BCUT2D eigenvalue weighted by Gasteiger charge is 2.34. The number of likely N-dealkylation sites (tertiary alicyclic amines) is 1. The van der Waals surface area contributed by atoms with Crippen molar-refractivity contribution in [1.82, 2.24) is 24.6 Å². The molecule has 10 heteroatoms. The summed E-state index contributed by atoms with van der Waals surface area (Å²) in [5, 5.41) is 4.41. The molecular weight excluding hydrogens is 411 g/mol. The van der Waals surface area contributed by atoms with Crippen molar-refractivity contribution >= 4 is 5.91 Å². The van der Waals surface area contributed by atoms with Crippen molar-refractivity contribution in [3.8, 4) is 11.3 Å². The second-order valence-corrected chi connectivity index (χ2v) is 7.20. The topological polar surface area (TPSA) is 81.0 Å². The summed E-state index contributed by atoms with van der Waals surface area (Å²) in [6.45, 7) is 0.640. The molecule has 0 aromatic carbocycles. The maximum atomic E-state index is 12.9. The molecule has 1 saturated heterocycles. The van der Waals surface area contributed by atoms with E-state index < -0.39 is 17.8 Å².